The average Bonchev–Trinajstić information content (AvgIpc) is 2.28. The molecule has 88 valence electrons. The molecule has 0 fully saturated rings. The zero-order chi connectivity index (χ0) is 12.4. The molecule has 3 N–H and O–H groups in total. The van der Waals surface area contributed by atoms with Crippen LogP contribution < -0.4 is 11.1 Å². The summed E-state index contributed by atoms with van der Waals surface area (Å²) >= 11 is 15.4. The molecule has 0 aliphatic rings. The zero-order valence-electron chi connectivity index (χ0n) is 8.68. The number of nitrogen functional groups attached to an aromatic ring is 1. The van der Waals surface area contributed by atoms with Crippen LogP contribution in [-0.2, 0) is 0 Å². The minimum absolute atomic E-state index is 0.580. The monoisotopic (exact) mass is 330 g/mol. The van der Waals surface area contributed by atoms with E-state index >= 15 is 0 Å². The van der Waals surface area contributed by atoms with Crippen LogP contribution in [0.1, 0.15) is 0 Å². The maximum atomic E-state index is 6.07. The number of hydrogen-bond acceptors (Lipinski definition) is 2. The van der Waals surface area contributed by atoms with E-state index in [0.29, 0.717) is 21.4 Å². The summed E-state index contributed by atoms with van der Waals surface area (Å²) in [6.07, 6.45) is 0. The highest BCUT2D eigenvalue weighted by molar-refractivity contribution is 9.10. The van der Waals surface area contributed by atoms with E-state index in [1.165, 1.54) is 0 Å². The Morgan fingerprint density at radius 1 is 1.06 bits per heavy atom. The van der Waals surface area contributed by atoms with Crippen molar-refractivity contribution >= 4 is 56.2 Å². The molecule has 0 aliphatic carbocycles. The van der Waals surface area contributed by atoms with Crippen LogP contribution in [0.25, 0.3) is 0 Å². The molecule has 0 atom stereocenters. The van der Waals surface area contributed by atoms with Gasteiger partial charge in [0.2, 0.25) is 0 Å². The van der Waals surface area contributed by atoms with Gasteiger partial charge in [0.15, 0.2) is 0 Å². The zero-order valence-corrected chi connectivity index (χ0v) is 11.8. The summed E-state index contributed by atoms with van der Waals surface area (Å²) in [4.78, 5) is 0. The molecule has 0 amide bonds. The van der Waals surface area contributed by atoms with Crippen LogP contribution in [0.15, 0.2) is 40.9 Å². The molecule has 0 bridgehead atoms. The first kappa shape index (κ1) is 12.6. The fraction of sp³-hybridized carbons (Fsp3) is 0. The van der Waals surface area contributed by atoms with Crippen molar-refractivity contribution in [1.29, 1.82) is 0 Å². The summed E-state index contributed by atoms with van der Waals surface area (Å²) < 4.78 is 0.815. The minimum Gasteiger partial charge on any atom is -0.397 e. The van der Waals surface area contributed by atoms with Gasteiger partial charge in [0.05, 0.1) is 21.4 Å². The van der Waals surface area contributed by atoms with Crippen molar-refractivity contribution in [2.45, 2.75) is 0 Å². The van der Waals surface area contributed by atoms with Crippen LogP contribution in [0.5, 0.6) is 0 Å². The average molecular weight is 332 g/mol. The molecule has 0 radical (unpaired) electrons. The Morgan fingerprint density at radius 2 is 1.82 bits per heavy atom. The molecule has 2 nitrogen and oxygen atoms in total. The van der Waals surface area contributed by atoms with E-state index in [1.54, 1.807) is 24.3 Å². The second kappa shape index (κ2) is 5.17. The van der Waals surface area contributed by atoms with E-state index in [0.717, 1.165) is 10.2 Å². The molecule has 2 aromatic carbocycles. The van der Waals surface area contributed by atoms with Gasteiger partial charge >= 0.3 is 0 Å². The van der Waals surface area contributed by atoms with Gasteiger partial charge in [0.1, 0.15) is 0 Å². The number of hydrogen-bond donors (Lipinski definition) is 2. The Morgan fingerprint density at radius 3 is 2.47 bits per heavy atom. The molecule has 2 rings (SSSR count). The Bertz CT molecular complexity index is 538. The highest BCUT2D eigenvalue weighted by atomic mass is 79.9. The van der Waals surface area contributed by atoms with Crippen molar-refractivity contribution in [3.63, 3.8) is 0 Å². The smallest absolute Gasteiger partial charge is 0.0807 e. The van der Waals surface area contributed by atoms with Crippen molar-refractivity contribution in [3.05, 3.63) is 50.9 Å². The Hall–Kier alpha value is -0.900. The lowest BCUT2D eigenvalue weighted by atomic mass is 10.2. The molecule has 17 heavy (non-hydrogen) atoms. The van der Waals surface area contributed by atoms with E-state index < -0.39 is 0 Å². The van der Waals surface area contributed by atoms with Crippen LogP contribution in [0.3, 0.4) is 0 Å². The fourth-order valence-electron chi connectivity index (χ4n) is 1.39. The topological polar surface area (TPSA) is 38.0 Å². The van der Waals surface area contributed by atoms with Gasteiger partial charge < -0.3 is 11.1 Å². The molecule has 0 unspecified atom stereocenters. The van der Waals surface area contributed by atoms with E-state index in [9.17, 15) is 0 Å². The maximum absolute atomic E-state index is 6.07. The van der Waals surface area contributed by atoms with Crippen LogP contribution in [-0.4, -0.2) is 0 Å². The molecular formula is C12H9BrCl2N2. The highest BCUT2D eigenvalue weighted by Crippen LogP contribution is 2.33. The van der Waals surface area contributed by atoms with E-state index in [1.807, 2.05) is 12.1 Å². The number of halogens is 3. The number of nitrogens with two attached hydrogens (primary N) is 1. The normalized spacial score (nSPS) is 10.3. The Labute approximate surface area is 118 Å². The second-order valence-electron chi connectivity index (χ2n) is 3.46. The molecule has 0 heterocycles. The van der Waals surface area contributed by atoms with Crippen LogP contribution in [0.4, 0.5) is 17.1 Å². The van der Waals surface area contributed by atoms with Gasteiger partial charge in [0, 0.05) is 10.2 Å². The molecular weight excluding hydrogens is 323 g/mol. The quantitative estimate of drug-likeness (QED) is 0.753. The highest BCUT2D eigenvalue weighted by Gasteiger charge is 2.05. The fourth-order valence-corrected chi connectivity index (χ4v) is 2.12. The largest absolute Gasteiger partial charge is 0.397 e. The van der Waals surface area contributed by atoms with Crippen molar-refractivity contribution < 1.29 is 0 Å². The Balaban J connectivity index is 2.35. The number of para-hydroxylation sites is 1. The van der Waals surface area contributed by atoms with Crippen LogP contribution in [0, 0.1) is 0 Å². The van der Waals surface area contributed by atoms with Gasteiger partial charge in [-0.05, 0) is 46.3 Å². The van der Waals surface area contributed by atoms with Gasteiger partial charge in [-0.15, -0.1) is 0 Å². The van der Waals surface area contributed by atoms with Gasteiger partial charge in [-0.2, -0.15) is 0 Å². The van der Waals surface area contributed by atoms with Gasteiger partial charge in [-0.3, -0.25) is 0 Å². The minimum atomic E-state index is 0.580. The van der Waals surface area contributed by atoms with Gasteiger partial charge in [-0.25, -0.2) is 0 Å². The lowest BCUT2D eigenvalue weighted by molar-refractivity contribution is 1.53. The number of anilines is 3. The summed E-state index contributed by atoms with van der Waals surface area (Å²) in [6, 6.07) is 10.9. The van der Waals surface area contributed by atoms with Crippen LogP contribution >= 0.6 is 39.1 Å². The van der Waals surface area contributed by atoms with Crippen molar-refractivity contribution in [2.24, 2.45) is 0 Å². The third-order valence-corrected chi connectivity index (χ3v) is 3.76. The van der Waals surface area contributed by atoms with Crippen LogP contribution in [0.2, 0.25) is 10.0 Å². The van der Waals surface area contributed by atoms with Crippen molar-refractivity contribution in [2.75, 3.05) is 11.1 Å². The summed E-state index contributed by atoms with van der Waals surface area (Å²) in [6.45, 7) is 0. The third kappa shape index (κ3) is 2.86. The SMILES string of the molecule is Nc1cccc(Cl)c1Nc1ccc(Cl)c(Br)c1. The molecule has 0 saturated heterocycles. The number of nitrogens with one attached hydrogen (secondary N) is 1. The third-order valence-electron chi connectivity index (χ3n) is 2.23. The number of benzene rings is 2. The molecule has 0 aliphatic heterocycles. The lowest BCUT2D eigenvalue weighted by Gasteiger charge is -2.11. The molecule has 0 saturated carbocycles. The van der Waals surface area contributed by atoms with Crippen molar-refractivity contribution in [1.82, 2.24) is 0 Å². The Kier molecular flexibility index (Phi) is 3.82. The second-order valence-corrected chi connectivity index (χ2v) is 5.13. The molecule has 5 heteroatoms. The summed E-state index contributed by atoms with van der Waals surface area (Å²) in [7, 11) is 0. The standard InChI is InChI=1S/C12H9BrCl2N2/c13-8-6-7(4-5-9(8)14)17-12-10(15)2-1-3-11(12)16/h1-6,17H,16H2. The first-order valence-corrected chi connectivity index (χ1v) is 6.39. The summed E-state index contributed by atoms with van der Waals surface area (Å²) in [5.74, 6) is 0. The van der Waals surface area contributed by atoms with Crippen molar-refractivity contribution in [3.8, 4) is 0 Å². The molecule has 0 spiro atoms. The summed E-state index contributed by atoms with van der Waals surface area (Å²) in [5, 5.41) is 4.40. The molecule has 2 aromatic rings. The van der Waals surface area contributed by atoms with E-state index in [2.05, 4.69) is 21.2 Å². The molecule has 0 aromatic heterocycles. The van der Waals surface area contributed by atoms with E-state index in [4.69, 9.17) is 28.9 Å². The first-order chi connectivity index (χ1) is 8.08. The van der Waals surface area contributed by atoms with Gasteiger partial charge in [0.25, 0.3) is 0 Å². The maximum Gasteiger partial charge on any atom is 0.0807 e. The lowest BCUT2D eigenvalue weighted by Crippen LogP contribution is -1.96. The summed E-state index contributed by atoms with van der Waals surface area (Å²) in [5.41, 5.74) is 8.01. The van der Waals surface area contributed by atoms with Gasteiger partial charge in [-0.1, -0.05) is 29.3 Å². The van der Waals surface area contributed by atoms with E-state index in [-0.39, 0.29) is 0 Å². The predicted molar refractivity (Wildman–Crippen MR) is 78.3 cm³/mol. The predicted octanol–water partition coefficient (Wildman–Crippen LogP) is 5.08. The first-order valence-electron chi connectivity index (χ1n) is 4.84. The number of rotatable bonds is 2.